The summed E-state index contributed by atoms with van der Waals surface area (Å²) in [5.74, 6) is 0.197. The second-order valence-electron chi connectivity index (χ2n) is 8.52. The van der Waals surface area contributed by atoms with Gasteiger partial charge in [-0.1, -0.05) is 26.2 Å². The fraction of sp³-hybridized carbons (Fsp3) is 0.636. The first-order valence-electron chi connectivity index (χ1n) is 11.0. The molecule has 166 valence electrons. The van der Waals surface area contributed by atoms with Crippen LogP contribution in [0.3, 0.4) is 0 Å². The largest absolute Gasteiger partial charge is 0.353 e. The van der Waals surface area contributed by atoms with Crippen molar-refractivity contribution in [3.05, 3.63) is 29.8 Å². The van der Waals surface area contributed by atoms with Crippen molar-refractivity contribution in [1.29, 1.82) is 0 Å². The van der Waals surface area contributed by atoms with Gasteiger partial charge in [-0.2, -0.15) is 4.31 Å². The molecular formula is C22H33N3O4S. The van der Waals surface area contributed by atoms with Gasteiger partial charge in [-0.3, -0.25) is 9.59 Å². The number of sulfonamides is 1. The molecule has 1 aromatic carbocycles. The Morgan fingerprint density at radius 2 is 1.63 bits per heavy atom. The SMILES string of the molecule is CC1CCN(S(=O)(=O)c2ccc(C(=O)NCCC(=O)NC3CCCCC3)cc2)CC1. The molecule has 7 nitrogen and oxygen atoms in total. The Bertz CT molecular complexity index is 824. The maximum atomic E-state index is 12.8. The van der Waals surface area contributed by atoms with Gasteiger partial charge in [-0.25, -0.2) is 8.42 Å². The van der Waals surface area contributed by atoms with Crippen LogP contribution in [0.15, 0.2) is 29.2 Å². The van der Waals surface area contributed by atoms with E-state index in [0.29, 0.717) is 24.6 Å². The highest BCUT2D eigenvalue weighted by Crippen LogP contribution is 2.23. The number of piperidine rings is 1. The average molecular weight is 436 g/mol. The Kier molecular flexibility index (Phi) is 7.88. The summed E-state index contributed by atoms with van der Waals surface area (Å²) in [6.07, 6.45) is 7.59. The molecule has 0 aromatic heterocycles. The van der Waals surface area contributed by atoms with Crippen molar-refractivity contribution in [2.75, 3.05) is 19.6 Å². The molecule has 0 atom stereocenters. The minimum Gasteiger partial charge on any atom is -0.353 e. The summed E-state index contributed by atoms with van der Waals surface area (Å²) in [7, 11) is -3.52. The van der Waals surface area contributed by atoms with Crippen molar-refractivity contribution >= 4 is 21.8 Å². The third-order valence-corrected chi connectivity index (χ3v) is 8.02. The molecule has 1 saturated carbocycles. The highest BCUT2D eigenvalue weighted by atomic mass is 32.2. The highest BCUT2D eigenvalue weighted by Gasteiger charge is 2.28. The molecule has 1 saturated heterocycles. The third kappa shape index (κ3) is 6.04. The molecule has 0 unspecified atom stereocenters. The number of amides is 2. The zero-order chi connectivity index (χ0) is 21.6. The van der Waals surface area contributed by atoms with Gasteiger partial charge >= 0.3 is 0 Å². The summed E-state index contributed by atoms with van der Waals surface area (Å²) in [5.41, 5.74) is 0.383. The zero-order valence-corrected chi connectivity index (χ0v) is 18.5. The fourth-order valence-corrected chi connectivity index (χ4v) is 5.56. The number of nitrogens with zero attached hydrogens (tertiary/aromatic N) is 1. The van der Waals surface area contributed by atoms with Crippen molar-refractivity contribution in [1.82, 2.24) is 14.9 Å². The zero-order valence-electron chi connectivity index (χ0n) is 17.7. The standard InChI is InChI=1S/C22H33N3O4S/c1-17-12-15-25(16-13-17)30(28,29)20-9-7-18(8-10-20)22(27)23-14-11-21(26)24-19-5-3-2-4-6-19/h7-10,17,19H,2-6,11-16H2,1H3,(H,23,27)(H,24,26). The van der Waals surface area contributed by atoms with E-state index in [-0.39, 0.29) is 35.7 Å². The summed E-state index contributed by atoms with van der Waals surface area (Å²) in [5, 5.41) is 5.76. The number of hydrogen-bond acceptors (Lipinski definition) is 4. The van der Waals surface area contributed by atoms with E-state index in [2.05, 4.69) is 17.6 Å². The van der Waals surface area contributed by atoms with Gasteiger partial charge in [0.1, 0.15) is 0 Å². The summed E-state index contributed by atoms with van der Waals surface area (Å²) < 4.78 is 27.1. The molecule has 0 bridgehead atoms. The van der Waals surface area contributed by atoms with Crippen molar-refractivity contribution in [2.24, 2.45) is 5.92 Å². The molecule has 1 aliphatic carbocycles. The van der Waals surface area contributed by atoms with Gasteiger partial charge in [0.2, 0.25) is 15.9 Å². The van der Waals surface area contributed by atoms with Crippen LogP contribution in [0.1, 0.15) is 68.6 Å². The monoisotopic (exact) mass is 435 g/mol. The normalized spacial score (nSPS) is 19.4. The van der Waals surface area contributed by atoms with Crippen LogP contribution in [-0.4, -0.2) is 50.2 Å². The van der Waals surface area contributed by atoms with E-state index in [0.717, 1.165) is 38.5 Å². The van der Waals surface area contributed by atoms with Crippen LogP contribution in [0, 0.1) is 5.92 Å². The first kappa shape index (κ1) is 22.7. The maximum Gasteiger partial charge on any atom is 0.251 e. The maximum absolute atomic E-state index is 12.8. The second kappa shape index (κ2) is 10.4. The average Bonchev–Trinajstić information content (AvgIpc) is 2.75. The summed E-state index contributed by atoms with van der Waals surface area (Å²) in [6, 6.07) is 6.28. The Morgan fingerprint density at radius 3 is 2.27 bits per heavy atom. The van der Waals surface area contributed by atoms with Crippen LogP contribution in [0.2, 0.25) is 0 Å². The molecule has 2 aliphatic rings. The predicted octanol–water partition coefficient (Wildman–Crippen LogP) is 2.68. The van der Waals surface area contributed by atoms with Gasteiger partial charge in [-0.15, -0.1) is 0 Å². The summed E-state index contributed by atoms with van der Waals surface area (Å²) >= 11 is 0. The van der Waals surface area contributed by atoms with Crippen molar-refractivity contribution in [2.45, 2.75) is 69.2 Å². The van der Waals surface area contributed by atoms with Crippen molar-refractivity contribution < 1.29 is 18.0 Å². The molecule has 3 rings (SSSR count). The Balaban J connectivity index is 1.47. The number of rotatable bonds is 7. The van der Waals surface area contributed by atoms with Crippen LogP contribution in [0.25, 0.3) is 0 Å². The quantitative estimate of drug-likeness (QED) is 0.688. The summed E-state index contributed by atoms with van der Waals surface area (Å²) in [6.45, 7) is 3.46. The van der Waals surface area contributed by atoms with Gasteiger partial charge in [-0.05, 0) is 55.9 Å². The smallest absolute Gasteiger partial charge is 0.251 e. The molecule has 30 heavy (non-hydrogen) atoms. The molecular weight excluding hydrogens is 402 g/mol. The van der Waals surface area contributed by atoms with Crippen LogP contribution in [0.4, 0.5) is 0 Å². The molecule has 1 aliphatic heterocycles. The van der Waals surface area contributed by atoms with Crippen LogP contribution >= 0.6 is 0 Å². The lowest BCUT2D eigenvalue weighted by molar-refractivity contribution is -0.121. The first-order valence-corrected chi connectivity index (χ1v) is 12.5. The summed E-state index contributed by atoms with van der Waals surface area (Å²) in [4.78, 5) is 24.5. The van der Waals surface area contributed by atoms with E-state index in [9.17, 15) is 18.0 Å². The van der Waals surface area contributed by atoms with Gasteiger partial charge in [0.25, 0.3) is 5.91 Å². The molecule has 2 amide bonds. The van der Waals surface area contributed by atoms with E-state index in [4.69, 9.17) is 0 Å². The minimum absolute atomic E-state index is 0.0421. The molecule has 0 radical (unpaired) electrons. The van der Waals surface area contributed by atoms with Gasteiger partial charge < -0.3 is 10.6 Å². The van der Waals surface area contributed by atoms with Crippen LogP contribution < -0.4 is 10.6 Å². The second-order valence-corrected chi connectivity index (χ2v) is 10.5. The number of carbonyl (C=O) groups is 2. The number of nitrogens with one attached hydrogen (secondary N) is 2. The lowest BCUT2D eigenvalue weighted by Gasteiger charge is -2.29. The fourth-order valence-electron chi connectivity index (χ4n) is 4.09. The van der Waals surface area contributed by atoms with Gasteiger partial charge in [0.05, 0.1) is 4.90 Å². The Labute approximate surface area is 179 Å². The van der Waals surface area contributed by atoms with Gasteiger partial charge in [0.15, 0.2) is 0 Å². The Hall–Kier alpha value is -1.93. The minimum atomic E-state index is -3.52. The lowest BCUT2D eigenvalue weighted by Crippen LogP contribution is -2.38. The Morgan fingerprint density at radius 1 is 1.00 bits per heavy atom. The number of hydrogen-bond donors (Lipinski definition) is 2. The highest BCUT2D eigenvalue weighted by molar-refractivity contribution is 7.89. The van der Waals surface area contributed by atoms with Crippen LogP contribution in [-0.2, 0) is 14.8 Å². The molecule has 1 heterocycles. The molecule has 1 aromatic rings. The predicted molar refractivity (Wildman–Crippen MR) is 116 cm³/mol. The van der Waals surface area contributed by atoms with Crippen LogP contribution in [0.5, 0.6) is 0 Å². The molecule has 2 N–H and O–H groups in total. The van der Waals surface area contributed by atoms with E-state index in [1.165, 1.54) is 35.0 Å². The molecule has 0 spiro atoms. The third-order valence-electron chi connectivity index (χ3n) is 6.10. The first-order chi connectivity index (χ1) is 14.4. The molecule has 8 heteroatoms. The molecule has 2 fully saturated rings. The van der Waals surface area contributed by atoms with Crippen molar-refractivity contribution in [3.63, 3.8) is 0 Å². The van der Waals surface area contributed by atoms with E-state index >= 15 is 0 Å². The number of carbonyl (C=O) groups excluding carboxylic acids is 2. The van der Waals surface area contributed by atoms with E-state index < -0.39 is 10.0 Å². The van der Waals surface area contributed by atoms with Crippen molar-refractivity contribution in [3.8, 4) is 0 Å². The van der Waals surface area contributed by atoms with E-state index in [1.54, 1.807) is 0 Å². The number of benzene rings is 1. The van der Waals surface area contributed by atoms with E-state index in [1.807, 2.05) is 0 Å². The lowest BCUT2D eigenvalue weighted by atomic mass is 9.95. The topological polar surface area (TPSA) is 95.6 Å². The van der Waals surface area contributed by atoms with Gasteiger partial charge in [0, 0.05) is 37.7 Å².